The third kappa shape index (κ3) is 4.92. The van der Waals surface area contributed by atoms with Gasteiger partial charge in [0.25, 0.3) is 0 Å². The second-order valence-corrected chi connectivity index (χ2v) is 6.29. The van der Waals surface area contributed by atoms with E-state index in [0.29, 0.717) is 13.2 Å². The summed E-state index contributed by atoms with van der Waals surface area (Å²) in [6.45, 7) is 6.34. The Morgan fingerprint density at radius 3 is 2.27 bits per heavy atom. The lowest BCUT2D eigenvalue weighted by atomic mass is 10.5. The van der Waals surface area contributed by atoms with Crippen LogP contribution in [-0.2, 0) is 14.8 Å². The summed E-state index contributed by atoms with van der Waals surface area (Å²) in [5, 5.41) is -0.540. The van der Waals surface area contributed by atoms with Gasteiger partial charge in [-0.15, -0.1) is 0 Å². The standard InChI is InChI=1S/C9H22N2O3S/c1-8(2)14-6-5-11(4)15(12,13)9(3)7-10/h8-9H,5-7,10H2,1-4H3. The molecular formula is C9H22N2O3S. The number of nitrogens with two attached hydrogens (primary N) is 1. The molecule has 5 nitrogen and oxygen atoms in total. The van der Waals surface area contributed by atoms with E-state index in [0.717, 1.165) is 0 Å². The number of hydrogen-bond donors (Lipinski definition) is 1. The van der Waals surface area contributed by atoms with Crippen molar-refractivity contribution in [1.82, 2.24) is 4.31 Å². The molecule has 0 bridgehead atoms. The van der Waals surface area contributed by atoms with Gasteiger partial charge in [-0.1, -0.05) is 0 Å². The number of hydrogen-bond acceptors (Lipinski definition) is 4. The second kappa shape index (κ2) is 6.42. The van der Waals surface area contributed by atoms with Crippen molar-refractivity contribution in [2.75, 3.05) is 26.7 Å². The Morgan fingerprint density at radius 2 is 1.87 bits per heavy atom. The van der Waals surface area contributed by atoms with Crippen LogP contribution in [-0.4, -0.2) is 50.8 Å². The minimum atomic E-state index is -3.26. The van der Waals surface area contributed by atoms with Crippen LogP contribution in [0.1, 0.15) is 20.8 Å². The van der Waals surface area contributed by atoms with Gasteiger partial charge in [0, 0.05) is 20.1 Å². The van der Waals surface area contributed by atoms with Crippen LogP contribution >= 0.6 is 0 Å². The van der Waals surface area contributed by atoms with Crippen molar-refractivity contribution in [3.63, 3.8) is 0 Å². The predicted octanol–water partition coefficient (Wildman–Crippen LogP) is 0.0202. The lowest BCUT2D eigenvalue weighted by Gasteiger charge is -2.21. The maximum absolute atomic E-state index is 11.7. The van der Waals surface area contributed by atoms with Crippen molar-refractivity contribution in [3.8, 4) is 0 Å². The Labute approximate surface area is 92.6 Å². The van der Waals surface area contributed by atoms with Gasteiger partial charge < -0.3 is 10.5 Å². The molecule has 0 aliphatic carbocycles. The first-order valence-corrected chi connectivity index (χ1v) is 6.59. The van der Waals surface area contributed by atoms with Gasteiger partial charge in [-0.3, -0.25) is 0 Å². The Morgan fingerprint density at radius 1 is 1.33 bits per heavy atom. The van der Waals surface area contributed by atoms with Crippen molar-refractivity contribution in [2.24, 2.45) is 5.73 Å². The van der Waals surface area contributed by atoms with Crippen LogP contribution in [0.25, 0.3) is 0 Å². The topological polar surface area (TPSA) is 72.6 Å². The number of sulfonamides is 1. The van der Waals surface area contributed by atoms with Crippen LogP contribution in [0.15, 0.2) is 0 Å². The predicted molar refractivity (Wildman–Crippen MR) is 61.2 cm³/mol. The van der Waals surface area contributed by atoms with Gasteiger partial charge in [0.05, 0.1) is 18.0 Å². The van der Waals surface area contributed by atoms with E-state index in [-0.39, 0.29) is 12.6 Å². The first-order valence-electron chi connectivity index (χ1n) is 5.09. The maximum atomic E-state index is 11.7. The zero-order valence-corrected chi connectivity index (χ0v) is 10.8. The second-order valence-electron chi connectivity index (χ2n) is 3.83. The summed E-state index contributed by atoms with van der Waals surface area (Å²) in [7, 11) is -1.71. The van der Waals surface area contributed by atoms with Crippen LogP contribution in [0.5, 0.6) is 0 Å². The molecule has 0 heterocycles. The molecule has 0 radical (unpaired) electrons. The maximum Gasteiger partial charge on any atom is 0.217 e. The summed E-state index contributed by atoms with van der Waals surface area (Å²) in [6, 6.07) is 0. The molecule has 1 unspecified atom stereocenters. The average molecular weight is 238 g/mol. The van der Waals surface area contributed by atoms with Crippen molar-refractivity contribution in [2.45, 2.75) is 32.1 Å². The highest BCUT2D eigenvalue weighted by molar-refractivity contribution is 7.89. The number of ether oxygens (including phenoxy) is 1. The van der Waals surface area contributed by atoms with Gasteiger partial charge in [-0.25, -0.2) is 12.7 Å². The third-order valence-electron chi connectivity index (χ3n) is 2.13. The normalized spacial score (nSPS) is 14.9. The minimum absolute atomic E-state index is 0.119. The summed E-state index contributed by atoms with van der Waals surface area (Å²) in [4.78, 5) is 0. The molecule has 0 fully saturated rings. The molecule has 0 rings (SSSR count). The molecule has 0 aromatic heterocycles. The lowest BCUT2D eigenvalue weighted by molar-refractivity contribution is 0.0736. The van der Waals surface area contributed by atoms with E-state index in [9.17, 15) is 8.42 Å². The van der Waals surface area contributed by atoms with E-state index in [2.05, 4.69) is 0 Å². The first kappa shape index (κ1) is 14.8. The first-order chi connectivity index (χ1) is 6.82. The Bertz CT molecular complexity index is 265. The molecule has 0 aromatic carbocycles. The average Bonchev–Trinajstić information content (AvgIpc) is 2.15. The minimum Gasteiger partial charge on any atom is -0.377 e. The van der Waals surface area contributed by atoms with Crippen LogP contribution in [0.4, 0.5) is 0 Å². The Balaban J connectivity index is 4.15. The van der Waals surface area contributed by atoms with E-state index in [1.807, 2.05) is 13.8 Å². The van der Waals surface area contributed by atoms with Crippen molar-refractivity contribution >= 4 is 10.0 Å². The molecule has 92 valence electrons. The molecular weight excluding hydrogens is 216 g/mol. The van der Waals surface area contributed by atoms with Gasteiger partial charge in [0.2, 0.25) is 10.0 Å². The highest BCUT2D eigenvalue weighted by Gasteiger charge is 2.24. The van der Waals surface area contributed by atoms with Gasteiger partial charge in [-0.05, 0) is 20.8 Å². The third-order valence-corrected chi connectivity index (χ3v) is 4.39. The number of nitrogens with zero attached hydrogens (tertiary/aromatic N) is 1. The molecule has 15 heavy (non-hydrogen) atoms. The van der Waals surface area contributed by atoms with Crippen molar-refractivity contribution in [3.05, 3.63) is 0 Å². The fourth-order valence-electron chi connectivity index (χ4n) is 0.973. The molecule has 0 aromatic rings. The summed E-state index contributed by atoms with van der Waals surface area (Å²) >= 11 is 0. The van der Waals surface area contributed by atoms with Crippen molar-refractivity contribution < 1.29 is 13.2 Å². The monoisotopic (exact) mass is 238 g/mol. The van der Waals surface area contributed by atoms with E-state index < -0.39 is 15.3 Å². The van der Waals surface area contributed by atoms with Gasteiger partial charge in [0.15, 0.2) is 0 Å². The van der Waals surface area contributed by atoms with Gasteiger partial charge >= 0.3 is 0 Å². The largest absolute Gasteiger partial charge is 0.377 e. The van der Waals surface area contributed by atoms with E-state index in [1.54, 1.807) is 14.0 Å². The number of likely N-dealkylation sites (N-methyl/N-ethyl adjacent to an activating group) is 1. The zero-order chi connectivity index (χ0) is 12.1. The molecule has 2 N–H and O–H groups in total. The van der Waals surface area contributed by atoms with Crippen molar-refractivity contribution in [1.29, 1.82) is 0 Å². The number of rotatable bonds is 7. The molecule has 0 aliphatic rings. The molecule has 1 atom stereocenters. The molecule has 0 saturated heterocycles. The van der Waals surface area contributed by atoms with Crippen LogP contribution in [0, 0.1) is 0 Å². The van der Waals surface area contributed by atoms with E-state index in [1.165, 1.54) is 4.31 Å². The van der Waals surface area contributed by atoms with E-state index in [4.69, 9.17) is 10.5 Å². The van der Waals surface area contributed by atoms with Crippen LogP contribution in [0.2, 0.25) is 0 Å². The highest BCUT2D eigenvalue weighted by Crippen LogP contribution is 2.05. The SMILES string of the molecule is CC(C)OCCN(C)S(=O)(=O)C(C)CN. The fourth-order valence-corrected chi connectivity index (χ4v) is 2.16. The van der Waals surface area contributed by atoms with Gasteiger partial charge in [-0.2, -0.15) is 0 Å². The summed E-state index contributed by atoms with van der Waals surface area (Å²) < 4.78 is 30.0. The Hall–Kier alpha value is -0.170. The molecule has 0 saturated carbocycles. The Kier molecular flexibility index (Phi) is 6.35. The molecule has 6 heteroatoms. The summed E-state index contributed by atoms with van der Waals surface area (Å²) in [5.74, 6) is 0. The zero-order valence-electron chi connectivity index (χ0n) is 9.93. The highest BCUT2D eigenvalue weighted by atomic mass is 32.2. The molecule has 0 spiro atoms. The quantitative estimate of drug-likeness (QED) is 0.678. The van der Waals surface area contributed by atoms with E-state index >= 15 is 0 Å². The fraction of sp³-hybridized carbons (Fsp3) is 1.00. The smallest absolute Gasteiger partial charge is 0.217 e. The summed E-state index contributed by atoms with van der Waals surface area (Å²) in [5.41, 5.74) is 5.34. The molecule has 0 aliphatic heterocycles. The summed E-state index contributed by atoms with van der Waals surface area (Å²) in [6.07, 6.45) is 0.119. The lowest BCUT2D eigenvalue weighted by Crippen LogP contribution is -2.40. The van der Waals surface area contributed by atoms with Gasteiger partial charge in [0.1, 0.15) is 0 Å². The molecule has 0 amide bonds. The van der Waals surface area contributed by atoms with Crippen LogP contribution in [0.3, 0.4) is 0 Å². The van der Waals surface area contributed by atoms with Crippen LogP contribution < -0.4 is 5.73 Å².